The largest absolute Gasteiger partial charge is 0.423 e. The first-order valence-corrected chi connectivity index (χ1v) is 8.61. The summed E-state index contributed by atoms with van der Waals surface area (Å²) in [4.78, 5) is 36.1. The van der Waals surface area contributed by atoms with Crippen LogP contribution in [0.25, 0.3) is 11.0 Å². The molecular formula is C19H14BrNO5. The molecule has 1 aromatic heterocycles. The average molecular weight is 416 g/mol. The molecule has 0 fully saturated rings. The molecule has 0 aliphatic carbocycles. The number of carbonyl (C=O) groups is 2. The molecule has 0 aliphatic rings. The van der Waals surface area contributed by atoms with Crippen molar-refractivity contribution in [3.05, 3.63) is 74.6 Å². The molecule has 2 aromatic carbocycles. The maximum atomic E-state index is 12.3. The molecule has 0 bridgehead atoms. The molecule has 0 unspecified atom stereocenters. The molecule has 0 atom stereocenters. The lowest BCUT2D eigenvalue weighted by Crippen LogP contribution is -2.27. The molecule has 0 radical (unpaired) electrons. The number of esters is 1. The smallest absolute Gasteiger partial charge is 0.349 e. The standard InChI is InChI=1S/C19H14BrNO5/c1-2-21-17(22)14-9-11-7-8-12(10-16(11)26-19(14)24)25-18(23)13-5-3-4-6-15(13)20/h3-10H,2H2,1H3,(H,21,22). The number of amides is 1. The van der Waals surface area contributed by atoms with Crippen LogP contribution in [0.15, 0.2) is 62.2 Å². The summed E-state index contributed by atoms with van der Waals surface area (Å²) in [7, 11) is 0. The summed E-state index contributed by atoms with van der Waals surface area (Å²) in [5.74, 6) is -0.808. The van der Waals surface area contributed by atoms with Gasteiger partial charge in [0.05, 0.1) is 5.56 Å². The lowest BCUT2D eigenvalue weighted by Gasteiger charge is -2.07. The van der Waals surface area contributed by atoms with E-state index in [0.717, 1.165) is 0 Å². The predicted molar refractivity (Wildman–Crippen MR) is 99.6 cm³/mol. The fourth-order valence-electron chi connectivity index (χ4n) is 2.36. The first kappa shape index (κ1) is 17.9. The Labute approximate surface area is 156 Å². The lowest BCUT2D eigenvalue weighted by molar-refractivity contribution is 0.0733. The van der Waals surface area contributed by atoms with Gasteiger partial charge in [-0.25, -0.2) is 9.59 Å². The molecule has 26 heavy (non-hydrogen) atoms. The number of ether oxygens (including phenoxy) is 1. The van der Waals surface area contributed by atoms with Gasteiger partial charge in [-0.15, -0.1) is 0 Å². The Kier molecular flexibility index (Phi) is 5.18. The van der Waals surface area contributed by atoms with Crippen LogP contribution in [-0.2, 0) is 0 Å². The molecule has 1 amide bonds. The van der Waals surface area contributed by atoms with Crippen LogP contribution in [0.2, 0.25) is 0 Å². The summed E-state index contributed by atoms with van der Waals surface area (Å²) in [6.45, 7) is 2.16. The van der Waals surface area contributed by atoms with E-state index in [9.17, 15) is 14.4 Å². The molecule has 132 valence electrons. The molecule has 1 N–H and O–H groups in total. The third kappa shape index (κ3) is 3.67. The Hall–Kier alpha value is -2.93. The van der Waals surface area contributed by atoms with E-state index in [1.807, 2.05) is 0 Å². The Bertz CT molecular complexity index is 1060. The maximum Gasteiger partial charge on any atom is 0.349 e. The van der Waals surface area contributed by atoms with E-state index in [1.165, 1.54) is 12.1 Å². The van der Waals surface area contributed by atoms with E-state index in [1.54, 1.807) is 43.3 Å². The van der Waals surface area contributed by atoms with Crippen LogP contribution in [0.1, 0.15) is 27.6 Å². The van der Waals surface area contributed by atoms with Crippen LogP contribution in [0, 0.1) is 0 Å². The van der Waals surface area contributed by atoms with Gasteiger partial charge in [-0.05, 0) is 53.2 Å². The van der Waals surface area contributed by atoms with Gasteiger partial charge in [-0.3, -0.25) is 4.79 Å². The van der Waals surface area contributed by atoms with Gasteiger partial charge in [-0.1, -0.05) is 12.1 Å². The zero-order chi connectivity index (χ0) is 18.7. The van der Waals surface area contributed by atoms with Gasteiger partial charge in [0.25, 0.3) is 5.91 Å². The van der Waals surface area contributed by atoms with E-state index in [4.69, 9.17) is 9.15 Å². The van der Waals surface area contributed by atoms with Gasteiger partial charge in [-0.2, -0.15) is 0 Å². The van der Waals surface area contributed by atoms with Crippen molar-refractivity contribution >= 4 is 38.8 Å². The highest BCUT2D eigenvalue weighted by atomic mass is 79.9. The van der Waals surface area contributed by atoms with Gasteiger partial charge in [0.1, 0.15) is 16.9 Å². The second-order valence-electron chi connectivity index (χ2n) is 5.38. The summed E-state index contributed by atoms with van der Waals surface area (Å²) in [6, 6.07) is 13.0. The predicted octanol–water partition coefficient (Wildman–Crippen LogP) is 3.52. The lowest BCUT2D eigenvalue weighted by atomic mass is 10.1. The Morgan fingerprint density at radius 3 is 2.62 bits per heavy atom. The number of fused-ring (bicyclic) bond motifs is 1. The monoisotopic (exact) mass is 415 g/mol. The SMILES string of the molecule is CCNC(=O)c1cc2ccc(OC(=O)c3ccccc3Br)cc2oc1=O. The van der Waals surface area contributed by atoms with Crippen molar-refractivity contribution in [1.82, 2.24) is 5.32 Å². The van der Waals surface area contributed by atoms with E-state index < -0.39 is 17.5 Å². The fourth-order valence-corrected chi connectivity index (χ4v) is 2.80. The van der Waals surface area contributed by atoms with E-state index in [0.29, 0.717) is 22.0 Å². The van der Waals surface area contributed by atoms with Crippen molar-refractivity contribution in [1.29, 1.82) is 0 Å². The second kappa shape index (κ2) is 7.53. The minimum atomic E-state index is -0.752. The Morgan fingerprint density at radius 1 is 1.12 bits per heavy atom. The quantitative estimate of drug-likeness (QED) is 0.400. The zero-order valence-electron chi connectivity index (χ0n) is 13.7. The third-order valence-corrected chi connectivity index (χ3v) is 4.29. The number of hydrogen-bond donors (Lipinski definition) is 1. The van der Waals surface area contributed by atoms with Crippen molar-refractivity contribution in [2.24, 2.45) is 0 Å². The number of halogens is 1. The summed E-state index contributed by atoms with van der Waals surface area (Å²) < 4.78 is 11.1. The second-order valence-corrected chi connectivity index (χ2v) is 6.23. The fraction of sp³-hybridized carbons (Fsp3) is 0.105. The Balaban J connectivity index is 1.91. The van der Waals surface area contributed by atoms with Crippen LogP contribution in [0.4, 0.5) is 0 Å². The number of nitrogens with one attached hydrogen (secondary N) is 1. The van der Waals surface area contributed by atoms with Crippen LogP contribution in [0.3, 0.4) is 0 Å². The number of rotatable bonds is 4. The van der Waals surface area contributed by atoms with Crippen molar-refractivity contribution in [3.63, 3.8) is 0 Å². The van der Waals surface area contributed by atoms with Crippen molar-refractivity contribution in [2.45, 2.75) is 6.92 Å². The molecule has 1 heterocycles. The number of carbonyl (C=O) groups excluding carboxylic acids is 2. The van der Waals surface area contributed by atoms with Crippen LogP contribution in [0.5, 0.6) is 5.75 Å². The van der Waals surface area contributed by atoms with Gasteiger partial charge in [0.15, 0.2) is 0 Å². The summed E-state index contributed by atoms with van der Waals surface area (Å²) in [5, 5.41) is 3.10. The highest BCUT2D eigenvalue weighted by Crippen LogP contribution is 2.23. The minimum Gasteiger partial charge on any atom is -0.423 e. The maximum absolute atomic E-state index is 12.3. The highest BCUT2D eigenvalue weighted by Gasteiger charge is 2.15. The number of hydrogen-bond acceptors (Lipinski definition) is 5. The van der Waals surface area contributed by atoms with E-state index >= 15 is 0 Å². The Morgan fingerprint density at radius 2 is 1.88 bits per heavy atom. The summed E-state index contributed by atoms with van der Waals surface area (Å²) >= 11 is 3.30. The van der Waals surface area contributed by atoms with E-state index in [2.05, 4.69) is 21.2 Å². The summed E-state index contributed by atoms with van der Waals surface area (Å²) in [5.41, 5.74) is -0.226. The minimum absolute atomic E-state index is 0.0719. The molecule has 3 aromatic rings. The van der Waals surface area contributed by atoms with Crippen LogP contribution >= 0.6 is 15.9 Å². The zero-order valence-corrected chi connectivity index (χ0v) is 15.3. The molecule has 0 spiro atoms. The average Bonchev–Trinajstić information content (AvgIpc) is 2.61. The highest BCUT2D eigenvalue weighted by molar-refractivity contribution is 9.10. The molecule has 3 rings (SSSR count). The summed E-state index contributed by atoms with van der Waals surface area (Å²) in [6.07, 6.45) is 0. The van der Waals surface area contributed by atoms with Gasteiger partial charge in [0, 0.05) is 22.5 Å². The van der Waals surface area contributed by atoms with Gasteiger partial charge < -0.3 is 14.5 Å². The van der Waals surface area contributed by atoms with Crippen molar-refractivity contribution < 1.29 is 18.7 Å². The third-order valence-electron chi connectivity index (χ3n) is 3.59. The van der Waals surface area contributed by atoms with Gasteiger partial charge >= 0.3 is 11.6 Å². The first-order valence-electron chi connectivity index (χ1n) is 7.82. The molecule has 7 heteroatoms. The van der Waals surface area contributed by atoms with E-state index in [-0.39, 0.29) is 16.9 Å². The normalized spacial score (nSPS) is 10.5. The molecular weight excluding hydrogens is 402 g/mol. The molecule has 0 saturated heterocycles. The topological polar surface area (TPSA) is 85.6 Å². The first-order chi connectivity index (χ1) is 12.5. The van der Waals surface area contributed by atoms with Crippen LogP contribution in [-0.4, -0.2) is 18.4 Å². The van der Waals surface area contributed by atoms with Crippen molar-refractivity contribution in [2.75, 3.05) is 6.54 Å². The molecule has 0 aliphatic heterocycles. The van der Waals surface area contributed by atoms with Gasteiger partial charge in [0.2, 0.25) is 0 Å². The molecule has 6 nitrogen and oxygen atoms in total. The van der Waals surface area contributed by atoms with Crippen LogP contribution < -0.4 is 15.7 Å². The number of benzene rings is 2. The molecule has 0 saturated carbocycles. The van der Waals surface area contributed by atoms with Crippen molar-refractivity contribution in [3.8, 4) is 5.75 Å².